The number of rotatable bonds is 4. The van der Waals surface area contributed by atoms with Crippen molar-refractivity contribution in [1.82, 2.24) is 4.98 Å². The molecule has 0 saturated carbocycles. The summed E-state index contributed by atoms with van der Waals surface area (Å²) in [7, 11) is 1.18. The lowest BCUT2D eigenvalue weighted by Gasteiger charge is -2.20. The van der Waals surface area contributed by atoms with Gasteiger partial charge in [-0.05, 0) is 48.4 Å². The van der Waals surface area contributed by atoms with Crippen LogP contribution in [0.5, 0.6) is 5.75 Å². The van der Waals surface area contributed by atoms with Gasteiger partial charge in [0.2, 0.25) is 0 Å². The van der Waals surface area contributed by atoms with E-state index in [-0.39, 0.29) is 23.8 Å². The van der Waals surface area contributed by atoms with Crippen LogP contribution in [0.2, 0.25) is 0 Å². The number of nitrogens with zero attached hydrogens (tertiary/aromatic N) is 2. The van der Waals surface area contributed by atoms with Gasteiger partial charge in [-0.15, -0.1) is 0 Å². The molecule has 1 N–H and O–H groups in total. The van der Waals surface area contributed by atoms with Gasteiger partial charge in [-0.1, -0.05) is 12.1 Å². The van der Waals surface area contributed by atoms with Crippen LogP contribution in [-0.2, 0) is 12.6 Å². The molecule has 1 aliphatic heterocycles. The summed E-state index contributed by atoms with van der Waals surface area (Å²) in [5, 5.41) is 2.66. The number of halogens is 3. The molecule has 164 valence electrons. The van der Waals surface area contributed by atoms with Crippen molar-refractivity contribution in [2.75, 3.05) is 23.9 Å². The Labute approximate surface area is 181 Å². The molecule has 0 fully saturated rings. The molecule has 6 nitrogen and oxygen atoms in total. The third-order valence-corrected chi connectivity index (χ3v) is 5.15. The lowest BCUT2D eigenvalue weighted by Crippen LogP contribution is -2.33. The molecule has 0 aliphatic carbocycles. The molecule has 0 radical (unpaired) electrons. The number of aromatic nitrogens is 1. The van der Waals surface area contributed by atoms with Gasteiger partial charge in [-0.2, -0.15) is 13.2 Å². The minimum Gasteiger partial charge on any atom is -0.496 e. The molecular formula is C23H18F3N3O3. The second-order valence-electron chi connectivity index (χ2n) is 7.16. The number of benzene rings is 2. The van der Waals surface area contributed by atoms with Gasteiger partial charge < -0.3 is 10.1 Å². The van der Waals surface area contributed by atoms with E-state index in [1.54, 1.807) is 36.5 Å². The zero-order valence-corrected chi connectivity index (χ0v) is 16.9. The Balaban J connectivity index is 1.57. The largest absolute Gasteiger partial charge is 0.496 e. The van der Waals surface area contributed by atoms with Crippen LogP contribution in [0, 0.1) is 0 Å². The van der Waals surface area contributed by atoms with Crippen molar-refractivity contribution in [1.29, 1.82) is 0 Å². The smallest absolute Gasteiger partial charge is 0.420 e. The first-order valence-corrected chi connectivity index (χ1v) is 9.69. The summed E-state index contributed by atoms with van der Waals surface area (Å²) in [4.78, 5) is 30.6. The first-order chi connectivity index (χ1) is 15.3. The normalized spacial score (nSPS) is 12.9. The van der Waals surface area contributed by atoms with E-state index < -0.39 is 17.8 Å². The molecule has 0 bridgehead atoms. The number of amides is 2. The highest BCUT2D eigenvalue weighted by Gasteiger charge is 2.37. The van der Waals surface area contributed by atoms with Crippen LogP contribution < -0.4 is 15.0 Å². The predicted octanol–water partition coefficient (Wildman–Crippen LogP) is 4.93. The average molecular weight is 441 g/mol. The summed E-state index contributed by atoms with van der Waals surface area (Å²) >= 11 is 0. The summed E-state index contributed by atoms with van der Waals surface area (Å²) < 4.78 is 45.1. The Kier molecular flexibility index (Phi) is 5.56. The number of ketones is 1. The highest BCUT2D eigenvalue weighted by molar-refractivity contribution is 6.10. The summed E-state index contributed by atoms with van der Waals surface area (Å²) in [6, 6.07) is 11.3. The van der Waals surface area contributed by atoms with Gasteiger partial charge in [0.25, 0.3) is 0 Å². The van der Waals surface area contributed by atoms with E-state index in [4.69, 9.17) is 4.74 Å². The van der Waals surface area contributed by atoms with Gasteiger partial charge in [-0.3, -0.25) is 14.7 Å². The standard InChI is InChI=1S/C23H18F3N3O3/c1-32-20-11-14-7-9-29(19(14)12-18(20)23(24,25)26)22(31)28-17-6-2-4-15(10-17)21(30)16-5-3-8-27-13-16/h2-6,8,10-13H,7,9H2,1H3,(H,28,31). The van der Waals surface area contributed by atoms with Gasteiger partial charge in [0.1, 0.15) is 5.75 Å². The average Bonchev–Trinajstić information content (AvgIpc) is 3.21. The van der Waals surface area contributed by atoms with Crippen LogP contribution in [0.25, 0.3) is 0 Å². The van der Waals surface area contributed by atoms with Crippen LogP contribution in [0.1, 0.15) is 27.0 Å². The maximum absolute atomic E-state index is 13.4. The number of hydrogen-bond acceptors (Lipinski definition) is 4. The number of methoxy groups -OCH3 is 1. The molecule has 0 spiro atoms. The van der Waals surface area contributed by atoms with E-state index >= 15 is 0 Å². The lowest BCUT2D eigenvalue weighted by molar-refractivity contribution is -0.138. The fourth-order valence-corrected chi connectivity index (χ4v) is 3.61. The second-order valence-corrected chi connectivity index (χ2v) is 7.16. The molecule has 9 heteroatoms. The second kappa shape index (κ2) is 8.33. The van der Waals surface area contributed by atoms with Crippen molar-refractivity contribution in [3.8, 4) is 5.75 Å². The lowest BCUT2D eigenvalue weighted by atomic mass is 10.0. The van der Waals surface area contributed by atoms with E-state index in [0.29, 0.717) is 28.8 Å². The topological polar surface area (TPSA) is 71.5 Å². The molecule has 32 heavy (non-hydrogen) atoms. The first-order valence-electron chi connectivity index (χ1n) is 9.69. The fourth-order valence-electron chi connectivity index (χ4n) is 3.61. The Morgan fingerprint density at radius 2 is 1.88 bits per heavy atom. The van der Waals surface area contributed by atoms with Crippen molar-refractivity contribution in [2.24, 2.45) is 0 Å². The SMILES string of the molecule is COc1cc2c(cc1C(F)(F)F)N(C(=O)Nc1cccc(C(=O)c3cccnc3)c1)CC2. The summed E-state index contributed by atoms with van der Waals surface area (Å²) in [6.45, 7) is 0.222. The molecular weight excluding hydrogens is 423 g/mol. The van der Waals surface area contributed by atoms with Crippen LogP contribution in [0.3, 0.4) is 0 Å². The van der Waals surface area contributed by atoms with Gasteiger partial charge in [-0.25, -0.2) is 4.79 Å². The molecule has 3 aromatic rings. The zero-order chi connectivity index (χ0) is 22.9. The summed E-state index contributed by atoms with van der Waals surface area (Å²) in [5.74, 6) is -0.539. The Morgan fingerprint density at radius 3 is 2.56 bits per heavy atom. The number of pyridine rings is 1. The maximum atomic E-state index is 13.4. The first kappa shape index (κ1) is 21.4. The molecule has 2 heterocycles. The number of fused-ring (bicyclic) bond motifs is 1. The fraction of sp³-hybridized carbons (Fsp3) is 0.174. The molecule has 2 aromatic carbocycles. The quantitative estimate of drug-likeness (QED) is 0.583. The predicted molar refractivity (Wildman–Crippen MR) is 112 cm³/mol. The van der Waals surface area contributed by atoms with E-state index in [1.807, 2.05) is 0 Å². The van der Waals surface area contributed by atoms with Crippen LogP contribution in [-0.4, -0.2) is 30.5 Å². The maximum Gasteiger partial charge on any atom is 0.420 e. The Hall–Kier alpha value is -3.88. The molecule has 1 aliphatic rings. The van der Waals surface area contributed by atoms with Crippen molar-refractivity contribution in [2.45, 2.75) is 12.6 Å². The highest BCUT2D eigenvalue weighted by atomic mass is 19.4. The van der Waals surface area contributed by atoms with Gasteiger partial charge in [0.15, 0.2) is 5.78 Å². The molecule has 2 amide bonds. The molecule has 0 unspecified atom stereocenters. The number of hydrogen-bond donors (Lipinski definition) is 1. The third kappa shape index (κ3) is 4.14. The Morgan fingerprint density at radius 1 is 1.09 bits per heavy atom. The zero-order valence-electron chi connectivity index (χ0n) is 16.9. The van der Waals surface area contributed by atoms with Gasteiger partial charge in [0, 0.05) is 41.4 Å². The minimum atomic E-state index is -4.62. The van der Waals surface area contributed by atoms with Crippen molar-refractivity contribution < 1.29 is 27.5 Å². The van der Waals surface area contributed by atoms with Crippen LogP contribution in [0.4, 0.5) is 29.3 Å². The van der Waals surface area contributed by atoms with Gasteiger partial charge >= 0.3 is 12.2 Å². The van der Waals surface area contributed by atoms with Crippen molar-refractivity contribution in [3.63, 3.8) is 0 Å². The number of carbonyl (C=O) groups excluding carboxylic acids is 2. The number of urea groups is 1. The molecule has 0 saturated heterocycles. The summed E-state index contributed by atoms with van der Waals surface area (Å²) in [6.07, 6.45) is -1.22. The van der Waals surface area contributed by atoms with E-state index in [0.717, 1.165) is 6.07 Å². The van der Waals surface area contributed by atoms with Crippen LogP contribution in [0.15, 0.2) is 60.9 Å². The van der Waals surface area contributed by atoms with Gasteiger partial charge in [0.05, 0.1) is 12.7 Å². The monoisotopic (exact) mass is 441 g/mol. The number of ether oxygens (including phenoxy) is 1. The van der Waals surface area contributed by atoms with Crippen molar-refractivity contribution >= 4 is 23.2 Å². The number of carbonyl (C=O) groups is 2. The Bertz CT molecular complexity index is 1180. The van der Waals surface area contributed by atoms with E-state index in [2.05, 4.69) is 10.3 Å². The third-order valence-electron chi connectivity index (χ3n) is 5.15. The molecule has 1 aromatic heterocycles. The van der Waals surface area contributed by atoms with E-state index in [1.165, 1.54) is 30.3 Å². The number of nitrogens with one attached hydrogen (secondary N) is 1. The molecule has 4 rings (SSSR count). The van der Waals surface area contributed by atoms with E-state index in [9.17, 15) is 22.8 Å². The number of alkyl halides is 3. The highest BCUT2D eigenvalue weighted by Crippen LogP contribution is 2.42. The van der Waals surface area contributed by atoms with Crippen molar-refractivity contribution in [3.05, 3.63) is 83.2 Å². The molecule has 0 atom stereocenters. The number of anilines is 2. The summed E-state index contributed by atoms with van der Waals surface area (Å²) in [5.41, 5.74) is 0.925. The minimum absolute atomic E-state index is 0.179. The van der Waals surface area contributed by atoms with Crippen LogP contribution >= 0.6 is 0 Å².